The van der Waals surface area contributed by atoms with Crippen LogP contribution >= 0.6 is 0 Å². The maximum atomic E-state index is 10.0. The zero-order valence-corrected chi connectivity index (χ0v) is 39.0. The van der Waals surface area contributed by atoms with Crippen LogP contribution in [0, 0.1) is 18.3 Å². The third kappa shape index (κ3) is 5.85. The van der Waals surface area contributed by atoms with E-state index in [4.69, 9.17) is 0 Å². The van der Waals surface area contributed by atoms with E-state index in [1.165, 1.54) is 84.0 Å². The van der Waals surface area contributed by atoms with Crippen molar-refractivity contribution in [2.45, 2.75) is 130 Å². The van der Waals surface area contributed by atoms with E-state index in [9.17, 15) is 5.26 Å². The van der Waals surface area contributed by atoms with Crippen molar-refractivity contribution in [3.63, 3.8) is 0 Å². The summed E-state index contributed by atoms with van der Waals surface area (Å²) in [6.45, 7) is 27.9. The zero-order valence-electron chi connectivity index (χ0n) is 39.0. The molecule has 4 aliphatic rings. The molecule has 312 valence electrons. The normalized spacial score (nSPS) is 20.0. The number of rotatable bonds is 3. The summed E-state index contributed by atoms with van der Waals surface area (Å²) in [5, 5.41) is 10.0. The summed E-state index contributed by atoms with van der Waals surface area (Å²) in [5.41, 5.74) is 20.9. The maximum Gasteiger partial charge on any atom is 0.252 e. The second-order valence-electron chi connectivity index (χ2n) is 22.3. The third-order valence-corrected chi connectivity index (χ3v) is 15.3. The molecule has 6 aromatic rings. The Labute approximate surface area is 371 Å². The fourth-order valence-corrected chi connectivity index (χ4v) is 11.6. The van der Waals surface area contributed by atoms with Gasteiger partial charge in [0, 0.05) is 50.9 Å². The topological polar surface area (TPSA) is 33.5 Å². The predicted molar refractivity (Wildman–Crippen MR) is 264 cm³/mol. The van der Waals surface area contributed by atoms with Gasteiger partial charge < -0.3 is 14.7 Å². The van der Waals surface area contributed by atoms with Gasteiger partial charge in [-0.1, -0.05) is 118 Å². The molecule has 1 saturated carbocycles. The highest BCUT2D eigenvalue weighted by molar-refractivity contribution is 7.00. The largest absolute Gasteiger partial charge is 0.334 e. The SMILES string of the molecule is Cc1cc2c3c(c1)N(c1ccc(C(C)(C)C)cc1)c1cc(N4c5ccc(C#N)cc5C5(C)CCCC45C)ccc1B3c1cc(C(C)(C)C)ccc1N2c1ccc(C(C)(C)C)cc1. The molecule has 0 saturated heterocycles. The van der Waals surface area contributed by atoms with Crippen LogP contribution in [0.25, 0.3) is 0 Å². The van der Waals surface area contributed by atoms with Gasteiger partial charge in [-0.15, -0.1) is 0 Å². The summed E-state index contributed by atoms with van der Waals surface area (Å²) in [5.74, 6) is 0. The molecule has 0 N–H and O–H groups in total. The fraction of sp³-hybridized carbons (Fsp3) is 0.351. The average molecular weight is 813 g/mol. The Morgan fingerprint density at radius 1 is 0.532 bits per heavy atom. The number of anilines is 8. The number of nitrogens with zero attached hydrogens (tertiary/aromatic N) is 4. The third-order valence-electron chi connectivity index (χ3n) is 15.3. The lowest BCUT2D eigenvalue weighted by molar-refractivity contribution is 0.330. The van der Waals surface area contributed by atoms with E-state index >= 15 is 0 Å². The van der Waals surface area contributed by atoms with Gasteiger partial charge in [0.2, 0.25) is 0 Å². The standard InChI is InChI=1S/C57H61BN4/c1-36-30-50-52-51(31-36)61(42-22-17-39(18-23-42)54(5,6)7)49-34-43(62-47-26-14-37(35-59)32-44(47)56(11)28-13-29-57(56,62)12)24-25-45(49)58(52)46-33-40(55(8,9)10)19-27-48(46)60(50)41-20-15-38(16-21-41)53(2,3)4/h14-27,30-34H,13,28-29H2,1-12H3. The summed E-state index contributed by atoms with van der Waals surface area (Å²) in [7, 11) is 0. The Kier molecular flexibility index (Phi) is 8.71. The van der Waals surface area contributed by atoms with E-state index in [1.807, 2.05) is 6.07 Å². The molecule has 3 aliphatic heterocycles. The molecular weight excluding hydrogens is 751 g/mol. The van der Waals surface area contributed by atoms with Gasteiger partial charge >= 0.3 is 0 Å². The monoisotopic (exact) mass is 812 g/mol. The highest BCUT2D eigenvalue weighted by Crippen LogP contribution is 2.62. The van der Waals surface area contributed by atoms with Crippen LogP contribution in [-0.4, -0.2) is 12.3 Å². The van der Waals surface area contributed by atoms with Crippen molar-refractivity contribution in [2.75, 3.05) is 14.7 Å². The number of fused-ring (bicyclic) bond motifs is 7. The maximum absolute atomic E-state index is 10.0. The van der Waals surface area contributed by atoms with Gasteiger partial charge in [-0.3, -0.25) is 0 Å². The highest BCUT2D eigenvalue weighted by atomic mass is 15.3. The average Bonchev–Trinajstić information content (AvgIpc) is 3.62. The highest BCUT2D eigenvalue weighted by Gasteiger charge is 2.59. The smallest absolute Gasteiger partial charge is 0.252 e. The fourth-order valence-electron chi connectivity index (χ4n) is 11.6. The molecule has 3 heterocycles. The Morgan fingerprint density at radius 2 is 1.06 bits per heavy atom. The second-order valence-corrected chi connectivity index (χ2v) is 22.3. The molecular formula is C57H61BN4. The van der Waals surface area contributed by atoms with Gasteiger partial charge in [0.1, 0.15) is 0 Å². The lowest BCUT2D eigenvalue weighted by Crippen LogP contribution is -2.61. The number of hydrogen-bond donors (Lipinski definition) is 0. The van der Waals surface area contributed by atoms with E-state index in [1.54, 1.807) is 0 Å². The molecule has 5 heteroatoms. The molecule has 62 heavy (non-hydrogen) atoms. The molecule has 2 unspecified atom stereocenters. The molecule has 4 nitrogen and oxygen atoms in total. The summed E-state index contributed by atoms with van der Waals surface area (Å²) >= 11 is 0. The van der Waals surface area contributed by atoms with Crippen LogP contribution in [-0.2, 0) is 21.7 Å². The van der Waals surface area contributed by atoms with E-state index in [0.717, 1.165) is 30.5 Å². The molecule has 0 amide bonds. The van der Waals surface area contributed by atoms with E-state index < -0.39 is 0 Å². The van der Waals surface area contributed by atoms with Gasteiger partial charge in [-0.05, 0) is 160 Å². The number of benzene rings is 6. The Morgan fingerprint density at radius 3 is 1.63 bits per heavy atom. The van der Waals surface area contributed by atoms with E-state index in [-0.39, 0.29) is 33.9 Å². The lowest BCUT2D eigenvalue weighted by Gasteiger charge is -2.46. The molecule has 0 aromatic heterocycles. The van der Waals surface area contributed by atoms with Gasteiger partial charge in [0.15, 0.2) is 0 Å². The molecule has 0 bridgehead atoms. The first-order chi connectivity index (χ1) is 29.2. The van der Waals surface area contributed by atoms with Crippen molar-refractivity contribution in [1.29, 1.82) is 5.26 Å². The lowest BCUT2D eigenvalue weighted by atomic mass is 9.33. The molecule has 10 rings (SSSR count). The zero-order chi connectivity index (χ0) is 43.9. The Bertz CT molecular complexity index is 2840. The molecule has 6 aromatic carbocycles. The van der Waals surface area contributed by atoms with E-state index in [2.05, 4.69) is 213 Å². The van der Waals surface area contributed by atoms with Crippen molar-refractivity contribution in [3.8, 4) is 6.07 Å². The van der Waals surface area contributed by atoms with Gasteiger partial charge in [0.25, 0.3) is 6.71 Å². The van der Waals surface area contributed by atoms with E-state index in [0.29, 0.717) is 0 Å². The molecule has 0 radical (unpaired) electrons. The van der Waals surface area contributed by atoms with Crippen LogP contribution in [0.1, 0.15) is 129 Å². The van der Waals surface area contributed by atoms with Crippen molar-refractivity contribution < 1.29 is 0 Å². The number of hydrogen-bond acceptors (Lipinski definition) is 4. The van der Waals surface area contributed by atoms with Crippen LogP contribution in [0.3, 0.4) is 0 Å². The minimum absolute atomic E-state index is 0.0218. The quantitative estimate of drug-likeness (QED) is 0.166. The first kappa shape index (κ1) is 40.4. The minimum Gasteiger partial charge on any atom is -0.334 e. The first-order valence-corrected chi connectivity index (χ1v) is 22.8. The van der Waals surface area contributed by atoms with Crippen molar-refractivity contribution >= 4 is 68.6 Å². The van der Waals surface area contributed by atoms with Crippen molar-refractivity contribution in [1.82, 2.24) is 0 Å². The molecule has 1 fully saturated rings. The van der Waals surface area contributed by atoms with Gasteiger partial charge in [0.05, 0.1) is 17.2 Å². The number of nitriles is 1. The van der Waals surface area contributed by atoms with Crippen LogP contribution in [0.15, 0.2) is 115 Å². The van der Waals surface area contributed by atoms with Crippen molar-refractivity contribution in [3.05, 3.63) is 149 Å². The Balaban J connectivity index is 1.25. The summed E-state index contributed by atoms with van der Waals surface area (Å²) in [6, 6.07) is 47.0. The van der Waals surface area contributed by atoms with Crippen LogP contribution in [0.4, 0.5) is 45.5 Å². The van der Waals surface area contributed by atoms with Crippen LogP contribution < -0.4 is 31.1 Å². The molecule has 2 atom stereocenters. The minimum atomic E-state index is -0.130. The molecule has 1 aliphatic carbocycles. The second kappa shape index (κ2) is 13.4. The first-order valence-electron chi connectivity index (χ1n) is 22.8. The molecule has 0 spiro atoms. The summed E-state index contributed by atoms with van der Waals surface area (Å²) < 4.78 is 0. The van der Waals surface area contributed by atoms with Crippen molar-refractivity contribution in [2.24, 2.45) is 0 Å². The summed E-state index contributed by atoms with van der Waals surface area (Å²) in [4.78, 5) is 7.75. The number of aryl methyl sites for hydroxylation is 1. The van der Waals surface area contributed by atoms with Gasteiger partial charge in [-0.25, -0.2) is 0 Å². The summed E-state index contributed by atoms with van der Waals surface area (Å²) in [6.07, 6.45) is 3.37. The van der Waals surface area contributed by atoms with Gasteiger partial charge in [-0.2, -0.15) is 5.26 Å². The Hall–Kier alpha value is -5.73. The predicted octanol–water partition coefficient (Wildman–Crippen LogP) is 13.2. The van der Waals surface area contributed by atoms with Crippen LogP contribution in [0.2, 0.25) is 0 Å². The van der Waals surface area contributed by atoms with Crippen LogP contribution in [0.5, 0.6) is 0 Å².